The maximum atomic E-state index is 12.9. The highest BCUT2D eigenvalue weighted by Gasteiger charge is 2.33. The van der Waals surface area contributed by atoms with Gasteiger partial charge >= 0.3 is 0 Å². The molecule has 0 heterocycles. The molecule has 0 bridgehead atoms. The van der Waals surface area contributed by atoms with Crippen LogP contribution in [0.2, 0.25) is 0 Å². The molecule has 2 atom stereocenters. The largest absolute Gasteiger partial charge is 0.497 e. The van der Waals surface area contributed by atoms with Gasteiger partial charge in [-0.05, 0) is 29.8 Å². The second kappa shape index (κ2) is 4.31. The van der Waals surface area contributed by atoms with Crippen molar-refractivity contribution >= 4 is 0 Å². The first-order valence-corrected chi connectivity index (χ1v) is 5.32. The zero-order valence-electron chi connectivity index (χ0n) is 9.56. The zero-order valence-corrected chi connectivity index (χ0v) is 9.56. The van der Waals surface area contributed by atoms with Gasteiger partial charge in [-0.15, -0.1) is 0 Å². The first-order valence-electron chi connectivity index (χ1n) is 5.32. The molecule has 2 unspecified atom stereocenters. The molecule has 17 heavy (non-hydrogen) atoms. The van der Waals surface area contributed by atoms with Crippen LogP contribution in [0.4, 0.5) is 4.39 Å². The molecule has 2 rings (SSSR count). The molecular formula is C13H15FN2O. The fraction of sp³-hybridized carbons (Fsp3) is 0.231. The van der Waals surface area contributed by atoms with Crippen molar-refractivity contribution in [2.75, 3.05) is 7.11 Å². The van der Waals surface area contributed by atoms with Crippen LogP contribution < -0.4 is 11.5 Å². The lowest BCUT2D eigenvalue weighted by molar-refractivity contribution is 0.293. The molecule has 0 saturated carbocycles. The molecule has 1 aliphatic carbocycles. The lowest BCUT2D eigenvalue weighted by Crippen LogP contribution is -2.51. The van der Waals surface area contributed by atoms with Crippen LogP contribution in [0, 0.1) is 5.82 Å². The van der Waals surface area contributed by atoms with Crippen LogP contribution in [-0.2, 0) is 10.3 Å². The average molecular weight is 234 g/mol. The van der Waals surface area contributed by atoms with Gasteiger partial charge in [0.05, 0.1) is 12.6 Å². The van der Waals surface area contributed by atoms with Crippen molar-refractivity contribution in [1.82, 2.24) is 0 Å². The first-order chi connectivity index (χ1) is 8.06. The van der Waals surface area contributed by atoms with E-state index in [0.29, 0.717) is 5.76 Å². The molecule has 0 spiro atoms. The van der Waals surface area contributed by atoms with Crippen molar-refractivity contribution in [3.8, 4) is 0 Å². The van der Waals surface area contributed by atoms with Crippen LogP contribution in [-0.4, -0.2) is 13.2 Å². The number of hydrogen-bond donors (Lipinski definition) is 2. The van der Waals surface area contributed by atoms with E-state index in [2.05, 4.69) is 0 Å². The summed E-state index contributed by atoms with van der Waals surface area (Å²) in [6.07, 6.45) is 5.31. The van der Waals surface area contributed by atoms with Crippen LogP contribution in [0.5, 0.6) is 0 Å². The number of rotatable bonds is 2. The van der Waals surface area contributed by atoms with Gasteiger partial charge in [0.25, 0.3) is 0 Å². The summed E-state index contributed by atoms with van der Waals surface area (Å²) in [6, 6.07) is 5.65. The van der Waals surface area contributed by atoms with Crippen molar-refractivity contribution in [3.63, 3.8) is 0 Å². The third-order valence-electron chi connectivity index (χ3n) is 2.98. The van der Waals surface area contributed by atoms with Gasteiger partial charge in [-0.2, -0.15) is 0 Å². The van der Waals surface area contributed by atoms with Gasteiger partial charge in [-0.3, -0.25) is 0 Å². The molecule has 1 aromatic rings. The lowest BCUT2D eigenvalue weighted by Gasteiger charge is -2.34. The molecule has 0 saturated heterocycles. The molecule has 90 valence electrons. The molecule has 4 N–H and O–H groups in total. The van der Waals surface area contributed by atoms with E-state index in [1.807, 2.05) is 0 Å². The molecule has 1 aliphatic rings. The molecule has 0 radical (unpaired) electrons. The quantitative estimate of drug-likeness (QED) is 0.813. The summed E-state index contributed by atoms with van der Waals surface area (Å²) >= 11 is 0. The SMILES string of the molecule is COC1=CC(N)(c2ccc(F)cc2)C(N)C=C1. The highest BCUT2D eigenvalue weighted by Crippen LogP contribution is 2.29. The number of methoxy groups -OCH3 is 1. The van der Waals surface area contributed by atoms with E-state index in [1.54, 1.807) is 37.5 Å². The van der Waals surface area contributed by atoms with Crippen LogP contribution in [0.25, 0.3) is 0 Å². The number of allylic oxidation sites excluding steroid dienone is 1. The summed E-state index contributed by atoms with van der Waals surface area (Å²) in [5.74, 6) is 0.353. The summed E-state index contributed by atoms with van der Waals surface area (Å²) in [5.41, 5.74) is 12.2. The van der Waals surface area contributed by atoms with Gasteiger partial charge in [0, 0.05) is 6.04 Å². The predicted molar refractivity (Wildman–Crippen MR) is 64.5 cm³/mol. The highest BCUT2D eigenvalue weighted by molar-refractivity contribution is 5.40. The van der Waals surface area contributed by atoms with Gasteiger partial charge in [0.2, 0.25) is 0 Å². The van der Waals surface area contributed by atoms with Crippen molar-refractivity contribution in [3.05, 3.63) is 59.6 Å². The normalized spacial score (nSPS) is 27.8. The van der Waals surface area contributed by atoms with Gasteiger partial charge in [-0.25, -0.2) is 4.39 Å². The lowest BCUT2D eigenvalue weighted by atomic mass is 9.81. The van der Waals surface area contributed by atoms with E-state index in [4.69, 9.17) is 16.2 Å². The highest BCUT2D eigenvalue weighted by atomic mass is 19.1. The minimum atomic E-state index is -0.867. The fourth-order valence-electron chi connectivity index (χ4n) is 1.88. The smallest absolute Gasteiger partial charge is 0.123 e. The Labute approximate surface area is 99.6 Å². The number of nitrogens with two attached hydrogens (primary N) is 2. The molecule has 0 aliphatic heterocycles. The van der Waals surface area contributed by atoms with Gasteiger partial charge in [-0.1, -0.05) is 18.2 Å². The monoisotopic (exact) mass is 234 g/mol. The Bertz CT molecular complexity index is 467. The molecule has 0 aromatic heterocycles. The van der Waals surface area contributed by atoms with E-state index in [9.17, 15) is 4.39 Å². The van der Waals surface area contributed by atoms with E-state index in [0.717, 1.165) is 5.56 Å². The van der Waals surface area contributed by atoms with Crippen molar-refractivity contribution in [2.45, 2.75) is 11.6 Å². The Morgan fingerprint density at radius 3 is 2.53 bits per heavy atom. The van der Waals surface area contributed by atoms with Crippen LogP contribution in [0.15, 0.2) is 48.3 Å². The minimum Gasteiger partial charge on any atom is -0.497 e. The van der Waals surface area contributed by atoms with Gasteiger partial charge in [0.1, 0.15) is 11.6 Å². The molecular weight excluding hydrogens is 219 g/mol. The summed E-state index contributed by atoms with van der Waals surface area (Å²) in [7, 11) is 1.57. The summed E-state index contributed by atoms with van der Waals surface area (Å²) in [6.45, 7) is 0. The van der Waals surface area contributed by atoms with Crippen LogP contribution in [0.1, 0.15) is 5.56 Å². The molecule has 1 aromatic carbocycles. The van der Waals surface area contributed by atoms with E-state index in [-0.39, 0.29) is 11.9 Å². The maximum Gasteiger partial charge on any atom is 0.123 e. The molecule has 4 heteroatoms. The Morgan fingerprint density at radius 2 is 1.94 bits per heavy atom. The van der Waals surface area contributed by atoms with Crippen molar-refractivity contribution in [1.29, 1.82) is 0 Å². The van der Waals surface area contributed by atoms with Crippen molar-refractivity contribution < 1.29 is 9.13 Å². The topological polar surface area (TPSA) is 61.3 Å². The average Bonchev–Trinajstić information content (AvgIpc) is 2.33. The second-order valence-corrected chi connectivity index (χ2v) is 4.08. The number of halogens is 1. The summed E-state index contributed by atoms with van der Waals surface area (Å²) < 4.78 is 18.0. The molecule has 0 amide bonds. The Hall–Kier alpha value is -1.65. The van der Waals surface area contributed by atoms with E-state index in [1.165, 1.54) is 12.1 Å². The number of hydrogen-bond acceptors (Lipinski definition) is 3. The Kier molecular flexibility index (Phi) is 3.00. The maximum absolute atomic E-state index is 12.9. The predicted octanol–water partition coefficient (Wildman–Crippen LogP) is 1.41. The standard InChI is InChI=1S/C13H15FN2O/c1-17-11-6-7-12(15)13(16,8-11)9-2-4-10(14)5-3-9/h2-8,12H,15-16H2,1H3. The second-order valence-electron chi connectivity index (χ2n) is 4.08. The summed E-state index contributed by atoms with van der Waals surface area (Å²) in [4.78, 5) is 0. The fourth-order valence-corrected chi connectivity index (χ4v) is 1.88. The van der Waals surface area contributed by atoms with Crippen LogP contribution in [0.3, 0.4) is 0 Å². The van der Waals surface area contributed by atoms with Crippen molar-refractivity contribution in [2.24, 2.45) is 11.5 Å². The number of benzene rings is 1. The van der Waals surface area contributed by atoms with E-state index < -0.39 is 5.54 Å². The third kappa shape index (κ3) is 2.09. The Morgan fingerprint density at radius 1 is 1.29 bits per heavy atom. The molecule has 0 fully saturated rings. The molecule has 3 nitrogen and oxygen atoms in total. The van der Waals surface area contributed by atoms with Gasteiger partial charge < -0.3 is 16.2 Å². The first kappa shape index (κ1) is 11.8. The minimum absolute atomic E-state index is 0.298. The Balaban J connectivity index is 2.44. The zero-order chi connectivity index (χ0) is 12.5. The van der Waals surface area contributed by atoms with E-state index >= 15 is 0 Å². The van der Waals surface area contributed by atoms with Gasteiger partial charge in [0.15, 0.2) is 0 Å². The number of ether oxygens (including phenoxy) is 1. The summed E-state index contributed by atoms with van der Waals surface area (Å²) in [5, 5.41) is 0. The van der Waals surface area contributed by atoms with Crippen LogP contribution >= 0.6 is 0 Å². The third-order valence-corrected chi connectivity index (χ3v) is 2.98.